The summed E-state index contributed by atoms with van der Waals surface area (Å²) < 4.78 is 0.540. The van der Waals surface area contributed by atoms with Gasteiger partial charge in [0, 0.05) is 31.6 Å². The second-order valence-corrected chi connectivity index (χ2v) is 9.39. The molecule has 4 N–H and O–H groups in total. The fourth-order valence-electron chi connectivity index (χ4n) is 6.07. The van der Waals surface area contributed by atoms with E-state index in [4.69, 9.17) is 11.5 Å². The lowest BCUT2D eigenvalue weighted by Crippen LogP contribution is -2.70. The minimum atomic E-state index is -0.472. The van der Waals surface area contributed by atoms with Crippen molar-refractivity contribution in [3.63, 3.8) is 0 Å². The van der Waals surface area contributed by atoms with Crippen LogP contribution < -0.4 is 11.5 Å². The molecular weight excluding hydrogens is 400 g/mol. The Labute approximate surface area is 190 Å². The van der Waals surface area contributed by atoms with Crippen molar-refractivity contribution in [3.8, 4) is 0 Å². The van der Waals surface area contributed by atoms with Gasteiger partial charge in [-0.05, 0) is 18.4 Å². The van der Waals surface area contributed by atoms with Crippen LogP contribution in [0.2, 0.25) is 0 Å². The molecule has 1 saturated carbocycles. The van der Waals surface area contributed by atoms with E-state index >= 15 is 0 Å². The second-order valence-electron chi connectivity index (χ2n) is 9.39. The van der Waals surface area contributed by atoms with Crippen LogP contribution in [0.5, 0.6) is 0 Å². The highest BCUT2D eigenvalue weighted by atomic mass is 16.2. The molecule has 170 valence electrons. The lowest BCUT2D eigenvalue weighted by atomic mass is 9.79. The monoisotopic (exact) mass is 435 g/mol. The van der Waals surface area contributed by atoms with E-state index in [9.17, 15) is 9.59 Å². The summed E-state index contributed by atoms with van der Waals surface area (Å²) in [5, 5.41) is 0. The molecule has 0 radical (unpaired) electrons. The van der Waals surface area contributed by atoms with Crippen LogP contribution in [0.25, 0.3) is 0 Å². The predicted octanol–water partition coefficient (Wildman–Crippen LogP) is 2.59. The molecule has 1 aliphatic carbocycles. The van der Waals surface area contributed by atoms with Crippen LogP contribution in [0.3, 0.4) is 0 Å². The molecule has 2 amide bonds. The molecule has 0 bridgehead atoms. The first-order valence-electron chi connectivity index (χ1n) is 11.8. The number of amides is 2. The first-order chi connectivity index (χ1) is 15.5. The van der Waals surface area contributed by atoms with Crippen LogP contribution in [0, 0.1) is 5.92 Å². The third kappa shape index (κ3) is 4.57. The molecule has 2 fully saturated rings. The van der Waals surface area contributed by atoms with E-state index in [-0.39, 0.29) is 23.8 Å². The minimum absolute atomic E-state index is 0.0258. The van der Waals surface area contributed by atoms with Crippen LogP contribution >= 0.6 is 0 Å². The summed E-state index contributed by atoms with van der Waals surface area (Å²) in [6, 6.07) is 19.9. The Bertz CT molecular complexity index is 910. The van der Waals surface area contributed by atoms with Crippen molar-refractivity contribution in [2.75, 3.05) is 26.2 Å². The summed E-state index contributed by atoms with van der Waals surface area (Å²) in [5.74, 6) is -0.772. The molecule has 2 aromatic rings. The van der Waals surface area contributed by atoms with Crippen molar-refractivity contribution >= 4 is 11.8 Å². The maximum Gasteiger partial charge on any atom is 0.280 e. The molecule has 32 heavy (non-hydrogen) atoms. The maximum atomic E-state index is 13.0. The SMILES string of the molecule is NC(=O)[C@H]1CCCC[C@@H]1[N+]1([C@H](C(N)=O)c2ccccc2)CCN(Cc2ccccc2)CC1. The van der Waals surface area contributed by atoms with E-state index in [0.717, 1.165) is 64.0 Å². The number of nitrogens with two attached hydrogens (primary N) is 2. The third-order valence-electron chi connectivity index (χ3n) is 7.57. The summed E-state index contributed by atoms with van der Waals surface area (Å²) in [5.41, 5.74) is 14.2. The number of piperazine rings is 1. The number of quaternary nitrogens is 1. The average molecular weight is 436 g/mol. The van der Waals surface area contributed by atoms with Gasteiger partial charge in [0.15, 0.2) is 6.04 Å². The van der Waals surface area contributed by atoms with Crippen molar-refractivity contribution < 1.29 is 14.1 Å². The molecule has 0 spiro atoms. The molecule has 0 aromatic heterocycles. The Balaban J connectivity index is 1.67. The van der Waals surface area contributed by atoms with Crippen molar-refractivity contribution in [2.24, 2.45) is 17.4 Å². The number of rotatable bonds is 7. The van der Waals surface area contributed by atoms with E-state index in [1.165, 1.54) is 5.56 Å². The summed E-state index contributed by atoms with van der Waals surface area (Å²) in [6.07, 6.45) is 3.77. The Morgan fingerprint density at radius 1 is 0.906 bits per heavy atom. The number of carbonyl (C=O) groups excluding carboxylic acids is 2. The highest BCUT2D eigenvalue weighted by Crippen LogP contribution is 2.41. The van der Waals surface area contributed by atoms with Gasteiger partial charge in [-0.2, -0.15) is 0 Å². The van der Waals surface area contributed by atoms with Crippen LogP contribution in [0.4, 0.5) is 0 Å². The van der Waals surface area contributed by atoms with E-state index in [2.05, 4.69) is 29.2 Å². The van der Waals surface area contributed by atoms with Gasteiger partial charge in [0.05, 0.1) is 19.0 Å². The maximum absolute atomic E-state index is 13.0. The Morgan fingerprint density at radius 3 is 2.09 bits per heavy atom. The largest absolute Gasteiger partial charge is 0.369 e. The highest BCUT2D eigenvalue weighted by Gasteiger charge is 2.53. The Kier molecular flexibility index (Phi) is 6.92. The smallest absolute Gasteiger partial charge is 0.280 e. The fraction of sp³-hybridized carbons (Fsp3) is 0.462. The summed E-state index contributed by atoms with van der Waals surface area (Å²) >= 11 is 0. The summed E-state index contributed by atoms with van der Waals surface area (Å²) in [4.78, 5) is 27.9. The number of benzene rings is 2. The zero-order chi connectivity index (χ0) is 22.6. The normalized spacial score (nSPS) is 24.5. The Hall–Kier alpha value is -2.70. The molecule has 2 aromatic carbocycles. The Morgan fingerprint density at radius 2 is 1.50 bits per heavy atom. The van der Waals surface area contributed by atoms with Gasteiger partial charge in [0.2, 0.25) is 5.91 Å². The topological polar surface area (TPSA) is 89.4 Å². The lowest BCUT2D eigenvalue weighted by Gasteiger charge is -2.55. The van der Waals surface area contributed by atoms with Crippen molar-refractivity contribution in [1.82, 2.24) is 4.90 Å². The molecular formula is C26H35N4O2+. The van der Waals surface area contributed by atoms with Crippen molar-refractivity contribution in [2.45, 2.75) is 44.3 Å². The van der Waals surface area contributed by atoms with Gasteiger partial charge < -0.3 is 16.0 Å². The lowest BCUT2D eigenvalue weighted by molar-refractivity contribution is -0.977. The van der Waals surface area contributed by atoms with Crippen molar-refractivity contribution in [1.29, 1.82) is 0 Å². The number of hydrogen-bond donors (Lipinski definition) is 2. The zero-order valence-electron chi connectivity index (χ0n) is 18.7. The standard InChI is InChI=1S/C26H34N4O2/c27-25(31)22-13-7-8-14-23(22)30(24(26(28)32)21-11-5-2-6-12-21)17-15-29(16-18-30)19-20-9-3-1-4-10-20/h1-6,9-12,22-24H,7-8,13-19H2,(H3-,27,28,31,32)/p+1/t22-,23-,24-/m0/s1. The summed E-state index contributed by atoms with van der Waals surface area (Å²) in [6.45, 7) is 4.16. The molecule has 0 unspecified atom stereocenters. The van der Waals surface area contributed by atoms with Gasteiger partial charge in [-0.25, -0.2) is 0 Å². The second kappa shape index (κ2) is 9.84. The van der Waals surface area contributed by atoms with E-state index in [0.29, 0.717) is 4.48 Å². The molecule has 1 heterocycles. The quantitative estimate of drug-likeness (QED) is 0.655. The fourth-order valence-corrected chi connectivity index (χ4v) is 6.07. The molecule has 1 aliphatic heterocycles. The average Bonchev–Trinajstić information content (AvgIpc) is 2.81. The number of carbonyl (C=O) groups is 2. The molecule has 1 saturated heterocycles. The van der Waals surface area contributed by atoms with Gasteiger partial charge in [0.1, 0.15) is 6.04 Å². The molecule has 6 heteroatoms. The van der Waals surface area contributed by atoms with E-state index < -0.39 is 6.04 Å². The van der Waals surface area contributed by atoms with E-state index in [1.54, 1.807) is 0 Å². The number of hydrogen-bond acceptors (Lipinski definition) is 3. The molecule has 2 aliphatic rings. The van der Waals surface area contributed by atoms with Gasteiger partial charge >= 0.3 is 0 Å². The van der Waals surface area contributed by atoms with E-state index in [1.807, 2.05) is 36.4 Å². The predicted molar refractivity (Wildman–Crippen MR) is 125 cm³/mol. The molecule has 4 rings (SSSR count). The van der Waals surface area contributed by atoms with Crippen LogP contribution in [-0.2, 0) is 16.1 Å². The van der Waals surface area contributed by atoms with Crippen LogP contribution in [0.15, 0.2) is 60.7 Å². The van der Waals surface area contributed by atoms with Gasteiger partial charge in [-0.1, -0.05) is 67.1 Å². The molecule has 3 atom stereocenters. The summed E-state index contributed by atoms with van der Waals surface area (Å²) in [7, 11) is 0. The number of nitrogens with zero attached hydrogens (tertiary/aromatic N) is 2. The van der Waals surface area contributed by atoms with Crippen LogP contribution in [-0.4, -0.2) is 53.4 Å². The minimum Gasteiger partial charge on any atom is -0.369 e. The van der Waals surface area contributed by atoms with Gasteiger partial charge in [-0.3, -0.25) is 14.5 Å². The zero-order valence-corrected chi connectivity index (χ0v) is 18.7. The number of primary amides is 2. The molecule has 6 nitrogen and oxygen atoms in total. The van der Waals surface area contributed by atoms with Crippen molar-refractivity contribution in [3.05, 3.63) is 71.8 Å². The third-order valence-corrected chi connectivity index (χ3v) is 7.57. The van der Waals surface area contributed by atoms with Gasteiger partial charge in [0.25, 0.3) is 5.91 Å². The van der Waals surface area contributed by atoms with Gasteiger partial charge in [-0.15, -0.1) is 0 Å². The van der Waals surface area contributed by atoms with Crippen LogP contribution in [0.1, 0.15) is 42.9 Å². The first-order valence-corrected chi connectivity index (χ1v) is 11.8. The highest BCUT2D eigenvalue weighted by molar-refractivity contribution is 5.81. The first kappa shape index (κ1) is 22.5.